The first-order chi connectivity index (χ1) is 13.5. The highest BCUT2D eigenvalue weighted by molar-refractivity contribution is 7.89. The van der Waals surface area contributed by atoms with Crippen molar-refractivity contribution >= 4 is 33.0 Å². The fourth-order valence-electron chi connectivity index (χ4n) is 2.49. The molecule has 0 fully saturated rings. The number of aromatic nitrogens is 2. The maximum atomic E-state index is 12.4. The highest BCUT2D eigenvalue weighted by Gasteiger charge is 2.17. The summed E-state index contributed by atoms with van der Waals surface area (Å²) in [6.07, 6.45) is 1.91. The minimum absolute atomic E-state index is 0.0324. The van der Waals surface area contributed by atoms with Gasteiger partial charge in [0, 0.05) is 5.69 Å². The van der Waals surface area contributed by atoms with Gasteiger partial charge in [0.1, 0.15) is 5.01 Å². The molecule has 28 heavy (non-hydrogen) atoms. The van der Waals surface area contributed by atoms with Crippen molar-refractivity contribution in [2.75, 3.05) is 5.32 Å². The molecule has 0 aliphatic heterocycles. The molecule has 0 atom stereocenters. The number of rotatable bonds is 8. The summed E-state index contributed by atoms with van der Waals surface area (Å²) >= 11 is 1.04. The van der Waals surface area contributed by atoms with Crippen LogP contribution in [0.4, 0.5) is 5.69 Å². The number of para-hydroxylation sites is 1. The van der Waals surface area contributed by atoms with Crippen LogP contribution in [0.2, 0.25) is 0 Å². The Kier molecular flexibility index (Phi) is 6.50. The first kappa shape index (κ1) is 20.1. The monoisotopic (exact) mass is 416 g/mol. The van der Waals surface area contributed by atoms with Crippen molar-refractivity contribution in [3.05, 3.63) is 70.2 Å². The largest absolute Gasteiger partial charge is 0.320 e. The molecule has 146 valence electrons. The highest BCUT2D eigenvalue weighted by Crippen LogP contribution is 2.15. The second-order valence-corrected chi connectivity index (χ2v) is 8.87. The van der Waals surface area contributed by atoms with Crippen LogP contribution in [0.25, 0.3) is 0 Å². The molecule has 2 aromatic carbocycles. The summed E-state index contributed by atoms with van der Waals surface area (Å²) in [5.41, 5.74) is 1.75. The van der Waals surface area contributed by atoms with Gasteiger partial charge in [0.25, 0.3) is 5.91 Å². The maximum Gasteiger partial charge on any atom is 0.286 e. The zero-order chi connectivity index (χ0) is 20.0. The second kappa shape index (κ2) is 9.05. The summed E-state index contributed by atoms with van der Waals surface area (Å²) in [7, 11) is -3.66. The minimum atomic E-state index is -3.66. The Bertz CT molecular complexity index is 1030. The Morgan fingerprint density at radius 3 is 2.43 bits per heavy atom. The van der Waals surface area contributed by atoms with Crippen LogP contribution >= 0.6 is 11.3 Å². The van der Waals surface area contributed by atoms with Gasteiger partial charge in [0.05, 0.1) is 11.4 Å². The third-order valence-electron chi connectivity index (χ3n) is 3.88. The van der Waals surface area contributed by atoms with Crippen LogP contribution < -0.4 is 10.0 Å². The number of aryl methyl sites for hydroxylation is 1. The van der Waals surface area contributed by atoms with Crippen LogP contribution in [0, 0.1) is 0 Å². The lowest BCUT2D eigenvalue weighted by Gasteiger charge is -2.06. The fourth-order valence-corrected chi connectivity index (χ4v) is 4.24. The summed E-state index contributed by atoms with van der Waals surface area (Å²) in [5.74, 6) is -0.385. The predicted octanol–water partition coefficient (Wildman–Crippen LogP) is 3.22. The van der Waals surface area contributed by atoms with E-state index in [4.69, 9.17) is 0 Å². The second-order valence-electron chi connectivity index (χ2n) is 6.04. The molecule has 1 amide bonds. The first-order valence-corrected chi connectivity index (χ1v) is 11.1. The Balaban J connectivity index is 1.61. The topological polar surface area (TPSA) is 101 Å². The smallest absolute Gasteiger partial charge is 0.286 e. The van der Waals surface area contributed by atoms with E-state index in [0.29, 0.717) is 10.7 Å². The van der Waals surface area contributed by atoms with E-state index in [1.54, 1.807) is 24.3 Å². The molecule has 0 bridgehead atoms. The number of hydrogen-bond donors (Lipinski definition) is 2. The van der Waals surface area contributed by atoms with Gasteiger partial charge >= 0.3 is 0 Å². The summed E-state index contributed by atoms with van der Waals surface area (Å²) in [5, 5.41) is 11.0. The molecule has 2 N–H and O–H groups in total. The molecule has 0 saturated carbocycles. The Labute approximate surface area is 167 Å². The first-order valence-electron chi connectivity index (χ1n) is 8.75. The molecule has 1 aromatic heterocycles. The number of sulfonamides is 1. The van der Waals surface area contributed by atoms with Crippen LogP contribution in [0.5, 0.6) is 0 Å². The Morgan fingerprint density at radius 2 is 1.75 bits per heavy atom. The van der Waals surface area contributed by atoms with Crippen molar-refractivity contribution in [2.45, 2.75) is 31.2 Å². The molecule has 9 heteroatoms. The standard InChI is InChI=1S/C19H20N4O3S2/c1-2-6-14-9-11-16(12-10-14)28(25,26)20-13-17-22-23-19(27-17)18(24)21-15-7-4-3-5-8-15/h3-5,7-12,20H,2,6,13H2,1H3,(H,21,24). The van der Waals surface area contributed by atoms with E-state index in [2.05, 4.69) is 27.2 Å². The lowest BCUT2D eigenvalue weighted by atomic mass is 10.1. The van der Waals surface area contributed by atoms with E-state index < -0.39 is 10.0 Å². The van der Waals surface area contributed by atoms with Gasteiger partial charge in [0.2, 0.25) is 15.0 Å². The highest BCUT2D eigenvalue weighted by atomic mass is 32.2. The molecule has 1 heterocycles. The van der Waals surface area contributed by atoms with Crippen LogP contribution in [-0.4, -0.2) is 24.5 Å². The van der Waals surface area contributed by atoms with Gasteiger partial charge in [-0.3, -0.25) is 4.79 Å². The number of benzene rings is 2. The predicted molar refractivity (Wildman–Crippen MR) is 109 cm³/mol. The van der Waals surface area contributed by atoms with E-state index >= 15 is 0 Å². The quantitative estimate of drug-likeness (QED) is 0.587. The summed E-state index contributed by atoms with van der Waals surface area (Å²) < 4.78 is 27.3. The van der Waals surface area contributed by atoms with E-state index in [1.807, 2.05) is 30.3 Å². The van der Waals surface area contributed by atoms with E-state index in [-0.39, 0.29) is 22.4 Å². The molecular weight excluding hydrogens is 396 g/mol. The molecule has 3 aromatic rings. The molecule has 0 radical (unpaired) electrons. The number of carbonyl (C=O) groups excluding carboxylic acids is 1. The van der Waals surface area contributed by atoms with Crippen molar-refractivity contribution in [2.24, 2.45) is 0 Å². The number of nitrogens with zero attached hydrogens (tertiary/aromatic N) is 2. The summed E-state index contributed by atoms with van der Waals surface area (Å²) in [6.45, 7) is 2.04. The zero-order valence-corrected chi connectivity index (χ0v) is 16.9. The number of amides is 1. The summed E-state index contributed by atoms with van der Waals surface area (Å²) in [6, 6.07) is 15.8. The van der Waals surface area contributed by atoms with Gasteiger partial charge in [-0.05, 0) is 36.2 Å². The summed E-state index contributed by atoms with van der Waals surface area (Å²) in [4.78, 5) is 12.4. The Hall–Kier alpha value is -2.62. The van der Waals surface area contributed by atoms with E-state index in [0.717, 1.165) is 29.7 Å². The lowest BCUT2D eigenvalue weighted by molar-refractivity contribution is 0.102. The van der Waals surface area contributed by atoms with Crippen LogP contribution in [0.3, 0.4) is 0 Å². The van der Waals surface area contributed by atoms with E-state index in [9.17, 15) is 13.2 Å². The van der Waals surface area contributed by atoms with E-state index in [1.165, 1.54) is 0 Å². The number of carbonyl (C=O) groups is 1. The van der Waals surface area contributed by atoms with Gasteiger partial charge in [-0.15, -0.1) is 10.2 Å². The van der Waals surface area contributed by atoms with Crippen molar-refractivity contribution < 1.29 is 13.2 Å². The molecule has 0 unspecified atom stereocenters. The maximum absolute atomic E-state index is 12.4. The van der Waals surface area contributed by atoms with Gasteiger partial charge in [-0.25, -0.2) is 13.1 Å². The normalized spacial score (nSPS) is 11.3. The Morgan fingerprint density at radius 1 is 1.04 bits per heavy atom. The molecular formula is C19H20N4O3S2. The fraction of sp³-hybridized carbons (Fsp3) is 0.211. The van der Waals surface area contributed by atoms with Crippen molar-refractivity contribution in [3.8, 4) is 0 Å². The van der Waals surface area contributed by atoms with Gasteiger partial charge < -0.3 is 5.32 Å². The van der Waals surface area contributed by atoms with Crippen LogP contribution in [0.1, 0.15) is 33.7 Å². The average molecular weight is 417 g/mol. The number of nitrogens with one attached hydrogen (secondary N) is 2. The van der Waals surface area contributed by atoms with Crippen LogP contribution in [0.15, 0.2) is 59.5 Å². The van der Waals surface area contributed by atoms with Crippen molar-refractivity contribution in [1.29, 1.82) is 0 Å². The third kappa shape index (κ3) is 5.22. The van der Waals surface area contributed by atoms with Crippen molar-refractivity contribution in [3.63, 3.8) is 0 Å². The van der Waals surface area contributed by atoms with Crippen LogP contribution in [-0.2, 0) is 23.0 Å². The molecule has 0 spiro atoms. The van der Waals surface area contributed by atoms with Gasteiger partial charge in [-0.2, -0.15) is 0 Å². The zero-order valence-electron chi connectivity index (χ0n) is 15.3. The lowest BCUT2D eigenvalue weighted by Crippen LogP contribution is -2.23. The van der Waals surface area contributed by atoms with Crippen molar-refractivity contribution in [1.82, 2.24) is 14.9 Å². The SMILES string of the molecule is CCCc1ccc(S(=O)(=O)NCc2nnc(C(=O)Nc3ccccc3)s2)cc1. The third-order valence-corrected chi connectivity index (χ3v) is 6.22. The average Bonchev–Trinajstić information content (AvgIpc) is 3.17. The molecule has 3 rings (SSSR count). The van der Waals surface area contributed by atoms with Gasteiger partial charge in [0.15, 0.2) is 0 Å². The minimum Gasteiger partial charge on any atom is -0.320 e. The number of anilines is 1. The molecule has 0 aliphatic carbocycles. The molecule has 7 nitrogen and oxygen atoms in total. The molecule has 0 aliphatic rings. The van der Waals surface area contributed by atoms with Gasteiger partial charge in [-0.1, -0.05) is 55.0 Å². The number of hydrogen-bond acceptors (Lipinski definition) is 6. The molecule has 0 saturated heterocycles.